The van der Waals surface area contributed by atoms with Crippen LogP contribution in [0.5, 0.6) is 0 Å². The van der Waals surface area contributed by atoms with Crippen LogP contribution in [0.15, 0.2) is 0 Å². The predicted octanol–water partition coefficient (Wildman–Crippen LogP) is -2.48. The first-order chi connectivity index (χ1) is 15.2. The molecule has 0 bridgehead atoms. The van der Waals surface area contributed by atoms with Gasteiger partial charge in [0.25, 0.3) is 0 Å². The molecule has 2 fully saturated rings. The third-order valence-corrected chi connectivity index (χ3v) is 5.78. The summed E-state index contributed by atoms with van der Waals surface area (Å²) in [6.45, 7) is -0.0163. The zero-order valence-corrected chi connectivity index (χ0v) is 18.2. The second-order valence-electron chi connectivity index (χ2n) is 8.22. The Hall–Kier alpha value is -0.930. The molecule has 0 aromatic rings. The minimum absolute atomic E-state index is 0.186. The van der Waals surface area contributed by atoms with Crippen LogP contribution in [0.2, 0.25) is 0 Å². The van der Waals surface area contributed by atoms with Gasteiger partial charge in [-0.3, -0.25) is 4.79 Å². The van der Waals surface area contributed by atoms with Crippen LogP contribution in [0.4, 0.5) is 0 Å². The highest BCUT2D eigenvalue weighted by Gasteiger charge is 2.58. The standard InChI is InChI=1S/C20H36O12/c1-2-3-4-5-6-7-13(23)29-9-12-14(24)16(26)17(27)19(30-12)32-20(10-22)18(28)15(25)11(8-21)31-20/h11-12,14-19,21-22,24-28H,2-10H2,1H3/t11-,12?,14-,15?,16?,17?,18?,19-,20+/m1/s1. The maximum absolute atomic E-state index is 11.9. The van der Waals surface area contributed by atoms with Crippen LogP contribution in [0.3, 0.4) is 0 Å². The lowest BCUT2D eigenvalue weighted by Gasteiger charge is -2.43. The molecule has 5 unspecified atom stereocenters. The van der Waals surface area contributed by atoms with Crippen LogP contribution in [-0.2, 0) is 23.7 Å². The Bertz CT molecular complexity index is 577. The van der Waals surface area contributed by atoms with Crippen molar-refractivity contribution in [2.75, 3.05) is 19.8 Å². The van der Waals surface area contributed by atoms with Gasteiger partial charge in [0.2, 0.25) is 5.79 Å². The van der Waals surface area contributed by atoms with E-state index in [1.807, 2.05) is 0 Å². The maximum Gasteiger partial charge on any atom is 0.305 e. The first-order valence-electron chi connectivity index (χ1n) is 11.0. The number of esters is 1. The van der Waals surface area contributed by atoms with Gasteiger partial charge < -0.3 is 54.7 Å². The van der Waals surface area contributed by atoms with E-state index in [2.05, 4.69) is 6.92 Å². The quantitative estimate of drug-likeness (QED) is 0.118. The fraction of sp³-hybridized carbons (Fsp3) is 0.950. The molecule has 2 heterocycles. The van der Waals surface area contributed by atoms with E-state index < -0.39 is 80.6 Å². The van der Waals surface area contributed by atoms with Crippen molar-refractivity contribution in [2.24, 2.45) is 0 Å². The first-order valence-corrected chi connectivity index (χ1v) is 11.0. The fourth-order valence-corrected chi connectivity index (χ4v) is 3.74. The van der Waals surface area contributed by atoms with Crippen molar-refractivity contribution in [3.05, 3.63) is 0 Å². The number of aliphatic hydroxyl groups excluding tert-OH is 7. The summed E-state index contributed by atoms with van der Waals surface area (Å²) in [5, 5.41) is 69.7. The van der Waals surface area contributed by atoms with Crippen molar-refractivity contribution < 1.29 is 59.5 Å². The van der Waals surface area contributed by atoms with Gasteiger partial charge >= 0.3 is 5.97 Å². The van der Waals surface area contributed by atoms with E-state index in [9.17, 15) is 40.5 Å². The maximum atomic E-state index is 11.9. The summed E-state index contributed by atoms with van der Waals surface area (Å²) in [5.41, 5.74) is 0. The minimum atomic E-state index is -2.26. The number of carbonyl (C=O) groups excluding carboxylic acids is 1. The fourth-order valence-electron chi connectivity index (χ4n) is 3.74. The SMILES string of the molecule is CCCCCCCC(=O)OCC1O[C@H](O[C@]2(CO)O[C@H](CO)C(O)C2O)C(O)C(O)[C@@H]1O. The van der Waals surface area contributed by atoms with Crippen LogP contribution in [0.25, 0.3) is 0 Å². The summed E-state index contributed by atoms with van der Waals surface area (Å²) in [6, 6.07) is 0. The van der Waals surface area contributed by atoms with Gasteiger partial charge in [0.05, 0.1) is 6.61 Å². The zero-order chi connectivity index (χ0) is 23.9. The Labute approximate surface area is 186 Å². The van der Waals surface area contributed by atoms with Crippen molar-refractivity contribution in [2.45, 2.75) is 100 Å². The van der Waals surface area contributed by atoms with E-state index in [1.165, 1.54) is 0 Å². The van der Waals surface area contributed by atoms with Crippen LogP contribution in [0, 0.1) is 0 Å². The molecule has 2 rings (SSSR count). The molecule has 12 nitrogen and oxygen atoms in total. The van der Waals surface area contributed by atoms with E-state index in [4.69, 9.17) is 18.9 Å². The van der Waals surface area contributed by atoms with Gasteiger partial charge in [0.15, 0.2) is 6.29 Å². The topological polar surface area (TPSA) is 196 Å². The summed E-state index contributed by atoms with van der Waals surface area (Å²) >= 11 is 0. The molecule has 2 saturated heterocycles. The van der Waals surface area contributed by atoms with E-state index in [0.717, 1.165) is 25.7 Å². The highest BCUT2D eigenvalue weighted by atomic mass is 16.8. The number of hydrogen-bond acceptors (Lipinski definition) is 12. The van der Waals surface area contributed by atoms with Gasteiger partial charge in [-0.15, -0.1) is 0 Å². The molecule has 32 heavy (non-hydrogen) atoms. The summed E-state index contributed by atoms with van der Waals surface area (Å²) in [4.78, 5) is 11.9. The van der Waals surface area contributed by atoms with Crippen molar-refractivity contribution >= 4 is 5.97 Å². The van der Waals surface area contributed by atoms with Crippen LogP contribution < -0.4 is 0 Å². The molecule has 0 aliphatic carbocycles. The van der Waals surface area contributed by atoms with Crippen molar-refractivity contribution in [3.63, 3.8) is 0 Å². The smallest absolute Gasteiger partial charge is 0.305 e. The second-order valence-corrected chi connectivity index (χ2v) is 8.22. The molecular formula is C20H36O12. The van der Waals surface area contributed by atoms with Gasteiger partial charge in [0, 0.05) is 6.42 Å². The van der Waals surface area contributed by atoms with E-state index in [-0.39, 0.29) is 6.42 Å². The number of rotatable bonds is 12. The first kappa shape index (κ1) is 27.3. The molecule has 12 heteroatoms. The van der Waals surface area contributed by atoms with Gasteiger partial charge in [-0.25, -0.2) is 0 Å². The largest absolute Gasteiger partial charge is 0.463 e. The molecule has 9 atom stereocenters. The van der Waals surface area contributed by atoms with Crippen molar-refractivity contribution in [1.82, 2.24) is 0 Å². The Balaban J connectivity index is 1.96. The second kappa shape index (κ2) is 12.5. The molecule has 188 valence electrons. The van der Waals surface area contributed by atoms with E-state index in [0.29, 0.717) is 6.42 Å². The average molecular weight is 468 g/mol. The normalized spacial score (nSPS) is 39.9. The highest BCUT2D eigenvalue weighted by molar-refractivity contribution is 5.69. The van der Waals surface area contributed by atoms with Crippen molar-refractivity contribution in [3.8, 4) is 0 Å². The molecular weight excluding hydrogens is 432 g/mol. The zero-order valence-electron chi connectivity index (χ0n) is 18.2. The number of ether oxygens (including phenoxy) is 4. The van der Waals surface area contributed by atoms with E-state index >= 15 is 0 Å². The number of unbranched alkanes of at least 4 members (excludes halogenated alkanes) is 4. The van der Waals surface area contributed by atoms with E-state index in [1.54, 1.807) is 0 Å². The molecule has 7 N–H and O–H groups in total. The Morgan fingerprint density at radius 1 is 0.906 bits per heavy atom. The molecule has 2 aliphatic heterocycles. The van der Waals surface area contributed by atoms with Crippen LogP contribution >= 0.6 is 0 Å². The van der Waals surface area contributed by atoms with Gasteiger partial charge in [0.1, 0.15) is 55.9 Å². The summed E-state index contributed by atoms with van der Waals surface area (Å²) in [7, 11) is 0. The summed E-state index contributed by atoms with van der Waals surface area (Å²) in [6.07, 6.45) is -7.98. The lowest BCUT2D eigenvalue weighted by Crippen LogP contribution is -2.62. The molecule has 0 aromatic heterocycles. The molecule has 0 radical (unpaired) electrons. The van der Waals surface area contributed by atoms with Crippen LogP contribution in [0.1, 0.15) is 45.4 Å². The number of carbonyl (C=O) groups is 1. The molecule has 0 aromatic carbocycles. The van der Waals surface area contributed by atoms with Crippen LogP contribution in [-0.4, -0.2) is 116 Å². The minimum Gasteiger partial charge on any atom is -0.463 e. The molecule has 0 amide bonds. The lowest BCUT2D eigenvalue weighted by atomic mass is 9.99. The molecule has 2 aliphatic rings. The number of aliphatic hydroxyl groups is 7. The predicted molar refractivity (Wildman–Crippen MR) is 106 cm³/mol. The Morgan fingerprint density at radius 2 is 1.59 bits per heavy atom. The third-order valence-electron chi connectivity index (χ3n) is 5.78. The van der Waals surface area contributed by atoms with Gasteiger partial charge in [-0.05, 0) is 6.42 Å². The highest BCUT2D eigenvalue weighted by Crippen LogP contribution is 2.36. The summed E-state index contributed by atoms with van der Waals surface area (Å²) in [5.74, 6) is -2.77. The monoisotopic (exact) mass is 468 g/mol. The Morgan fingerprint density at radius 3 is 2.19 bits per heavy atom. The molecule has 0 spiro atoms. The van der Waals surface area contributed by atoms with Crippen molar-refractivity contribution in [1.29, 1.82) is 0 Å². The summed E-state index contributed by atoms with van der Waals surface area (Å²) < 4.78 is 21.2. The lowest BCUT2D eigenvalue weighted by molar-refractivity contribution is -0.383. The van der Waals surface area contributed by atoms with Gasteiger partial charge in [-0.2, -0.15) is 0 Å². The molecule has 0 saturated carbocycles. The number of hydrogen-bond donors (Lipinski definition) is 7. The average Bonchev–Trinajstić information content (AvgIpc) is 3.03. The Kier molecular flexibility index (Phi) is 10.7. The third kappa shape index (κ3) is 6.35. The van der Waals surface area contributed by atoms with Gasteiger partial charge in [-0.1, -0.05) is 32.6 Å².